The second-order valence-corrected chi connectivity index (χ2v) is 6.48. The number of aryl methyl sites for hydroxylation is 2. The highest BCUT2D eigenvalue weighted by atomic mass is 79.9. The Morgan fingerprint density at radius 3 is 2.25 bits per heavy atom. The van der Waals surface area contributed by atoms with E-state index in [0.29, 0.717) is 22.4 Å². The van der Waals surface area contributed by atoms with Gasteiger partial charge in [0, 0.05) is 5.69 Å². The van der Waals surface area contributed by atoms with Crippen molar-refractivity contribution < 1.29 is 10.2 Å². The molecule has 0 atom stereocenters. The predicted octanol–water partition coefficient (Wildman–Crippen LogP) is 4.72. The van der Waals surface area contributed by atoms with Gasteiger partial charge in [-0.2, -0.15) is 20.5 Å². The number of ether oxygens (including phenoxy) is 1. The summed E-state index contributed by atoms with van der Waals surface area (Å²) in [5.41, 5.74) is 7.27. The van der Waals surface area contributed by atoms with Gasteiger partial charge >= 0.3 is 0 Å². The number of nitrogens with two attached hydrogens (primary N) is 1. The number of aromatic nitrogens is 2. The van der Waals surface area contributed by atoms with Crippen molar-refractivity contribution >= 4 is 33.4 Å². The molecule has 138 valence electrons. The van der Waals surface area contributed by atoms with Crippen LogP contribution in [-0.4, -0.2) is 9.97 Å². The fourth-order valence-corrected chi connectivity index (χ4v) is 2.64. The summed E-state index contributed by atoms with van der Waals surface area (Å²) in [6, 6.07) is 5.21. The molecule has 0 unspecified atom stereocenters. The third-order valence-corrected chi connectivity index (χ3v) is 4.35. The smallest absolute Gasteiger partial charge is 0.240 e. The number of hydrogen-bond donors (Lipinski definition) is 2. The molecule has 28 heavy (non-hydrogen) atoms. The van der Waals surface area contributed by atoms with Crippen molar-refractivity contribution in [2.45, 2.75) is 13.8 Å². The minimum atomic E-state index is -0.485. The van der Waals surface area contributed by atoms with Crippen molar-refractivity contribution in [1.82, 2.24) is 9.97 Å². The van der Waals surface area contributed by atoms with Crippen LogP contribution >= 0.6 is 15.9 Å². The molecule has 1 heterocycles. The number of hydrogen-bond acceptors (Lipinski definition) is 7. The lowest BCUT2D eigenvalue weighted by molar-refractivity contribution is 0.453. The minimum absolute atomic E-state index is 0.00495. The van der Waals surface area contributed by atoms with Crippen LogP contribution in [-0.2, 0) is 0 Å². The van der Waals surface area contributed by atoms with E-state index < -0.39 is 24.2 Å². The molecule has 7 nitrogen and oxygen atoms in total. The summed E-state index contributed by atoms with van der Waals surface area (Å²) < 4.78 is 38.2. The number of nitrogens with zero attached hydrogens (tertiary/aromatic N) is 4. The second-order valence-electron chi connectivity index (χ2n) is 5.69. The largest absolute Gasteiger partial charge is 0.437 e. The summed E-state index contributed by atoms with van der Waals surface area (Å²) in [6.07, 6.45) is 0. The SMILES string of the molecule is [2H]c1c([2H])c(Nc2nc(N)c(Br)c(Oc3c(C)cc(C#N)cc3C)n2)c([2H])c([2H])c1C#N. The van der Waals surface area contributed by atoms with Crippen LogP contribution in [0.1, 0.15) is 27.7 Å². The van der Waals surface area contributed by atoms with Gasteiger partial charge in [-0.3, -0.25) is 0 Å². The summed E-state index contributed by atoms with van der Waals surface area (Å²) in [5, 5.41) is 20.9. The Kier molecular flexibility index (Phi) is 4.10. The molecule has 0 aliphatic rings. The molecule has 0 fully saturated rings. The lowest BCUT2D eigenvalue weighted by Gasteiger charge is -2.14. The summed E-state index contributed by atoms with van der Waals surface area (Å²) in [5.74, 6) is 0.386. The Bertz CT molecular complexity index is 1300. The molecule has 0 radical (unpaired) electrons. The standard InChI is InChI=1S/C20H15BrN6O/c1-11-7-14(10-23)8-12(2)17(11)28-19-16(21)18(24)26-20(27-19)25-15-5-3-13(9-22)4-6-15/h3-8H,1-2H3,(H3,24,25,26,27)/i3D,4D,5D,6D. The molecular formula is C20H15BrN6O. The fourth-order valence-electron chi connectivity index (χ4n) is 2.38. The van der Waals surface area contributed by atoms with E-state index in [1.54, 1.807) is 32.0 Å². The van der Waals surface area contributed by atoms with Crippen LogP contribution in [0.25, 0.3) is 0 Å². The third-order valence-electron chi connectivity index (χ3n) is 3.61. The van der Waals surface area contributed by atoms with Crippen LogP contribution in [0, 0.1) is 36.5 Å². The van der Waals surface area contributed by atoms with Gasteiger partial charge in [-0.05, 0) is 77.2 Å². The molecule has 0 spiro atoms. The summed E-state index contributed by atoms with van der Waals surface area (Å²) >= 11 is 3.28. The van der Waals surface area contributed by atoms with E-state index in [4.69, 9.17) is 26.5 Å². The van der Waals surface area contributed by atoms with Crippen molar-refractivity contribution in [3.63, 3.8) is 0 Å². The quantitative estimate of drug-likeness (QED) is 0.604. The van der Waals surface area contributed by atoms with Gasteiger partial charge in [0.2, 0.25) is 11.8 Å². The highest BCUT2D eigenvalue weighted by molar-refractivity contribution is 9.10. The van der Waals surface area contributed by atoms with Gasteiger partial charge in [0.1, 0.15) is 16.0 Å². The Morgan fingerprint density at radius 2 is 1.68 bits per heavy atom. The number of rotatable bonds is 4. The monoisotopic (exact) mass is 438 g/mol. The maximum atomic E-state index is 9.12. The van der Waals surface area contributed by atoms with Gasteiger partial charge in [-0.1, -0.05) is 0 Å². The highest BCUT2D eigenvalue weighted by Gasteiger charge is 2.16. The summed E-state index contributed by atoms with van der Waals surface area (Å²) in [7, 11) is 0. The molecule has 1 aromatic heterocycles. The lowest BCUT2D eigenvalue weighted by atomic mass is 10.1. The van der Waals surface area contributed by atoms with E-state index in [1.807, 2.05) is 0 Å². The van der Waals surface area contributed by atoms with Crippen molar-refractivity contribution in [3.8, 4) is 23.8 Å². The zero-order chi connectivity index (χ0) is 23.7. The van der Waals surface area contributed by atoms with E-state index in [9.17, 15) is 0 Å². The lowest BCUT2D eigenvalue weighted by Crippen LogP contribution is -2.04. The first kappa shape index (κ1) is 14.4. The maximum Gasteiger partial charge on any atom is 0.240 e. The average Bonchev–Trinajstić information content (AvgIpc) is 2.75. The second kappa shape index (κ2) is 7.95. The number of anilines is 3. The van der Waals surface area contributed by atoms with Gasteiger partial charge in [-0.25, -0.2) is 0 Å². The molecule has 3 aromatic rings. The van der Waals surface area contributed by atoms with Gasteiger partial charge in [0.25, 0.3) is 0 Å². The van der Waals surface area contributed by atoms with Gasteiger partial charge < -0.3 is 15.8 Å². The Morgan fingerprint density at radius 1 is 1.07 bits per heavy atom. The number of halogens is 1. The summed E-state index contributed by atoms with van der Waals surface area (Å²) in [6.45, 7) is 3.56. The van der Waals surface area contributed by atoms with Crippen molar-refractivity contribution in [3.05, 3.63) is 63.0 Å². The first-order valence-electron chi connectivity index (χ1n) is 9.88. The van der Waals surface area contributed by atoms with Crippen molar-refractivity contribution in [2.75, 3.05) is 11.1 Å². The van der Waals surface area contributed by atoms with Crippen LogP contribution < -0.4 is 15.8 Å². The molecule has 3 rings (SSSR count). The molecule has 2 aromatic carbocycles. The van der Waals surface area contributed by atoms with Crippen LogP contribution in [0.15, 0.2) is 40.8 Å². The molecule has 0 amide bonds. The number of nitrogens with one attached hydrogen (secondary N) is 1. The summed E-state index contributed by atoms with van der Waals surface area (Å²) in [4.78, 5) is 8.30. The van der Waals surface area contributed by atoms with Crippen LogP contribution in [0.3, 0.4) is 0 Å². The predicted molar refractivity (Wildman–Crippen MR) is 109 cm³/mol. The molecule has 0 aliphatic carbocycles. The van der Waals surface area contributed by atoms with Crippen molar-refractivity contribution in [1.29, 1.82) is 10.5 Å². The van der Waals surface area contributed by atoms with Crippen LogP contribution in [0.4, 0.5) is 17.5 Å². The fraction of sp³-hybridized carbons (Fsp3) is 0.100. The van der Waals surface area contributed by atoms with E-state index >= 15 is 0 Å². The van der Waals surface area contributed by atoms with Crippen LogP contribution in [0.5, 0.6) is 11.6 Å². The highest BCUT2D eigenvalue weighted by Crippen LogP contribution is 2.36. The van der Waals surface area contributed by atoms with Crippen molar-refractivity contribution in [2.24, 2.45) is 0 Å². The normalized spacial score (nSPS) is 12.0. The maximum absolute atomic E-state index is 9.12. The topological polar surface area (TPSA) is 121 Å². The van der Waals surface area contributed by atoms with E-state index in [1.165, 1.54) is 0 Å². The van der Waals surface area contributed by atoms with E-state index in [0.717, 1.165) is 0 Å². The Labute approximate surface area is 176 Å². The zero-order valence-corrected chi connectivity index (χ0v) is 16.4. The zero-order valence-electron chi connectivity index (χ0n) is 18.8. The molecule has 3 N–H and O–H groups in total. The average molecular weight is 439 g/mol. The minimum Gasteiger partial charge on any atom is -0.437 e. The first-order chi connectivity index (χ1) is 15.1. The first-order valence-corrected chi connectivity index (χ1v) is 8.68. The van der Waals surface area contributed by atoms with Gasteiger partial charge in [-0.15, -0.1) is 0 Å². The molecule has 0 aliphatic heterocycles. The Balaban J connectivity index is 2.07. The van der Waals surface area contributed by atoms with E-state index in [-0.39, 0.29) is 33.4 Å². The number of nitrogen functional groups attached to an aromatic ring is 1. The van der Waals surface area contributed by atoms with Crippen LogP contribution in [0.2, 0.25) is 0 Å². The van der Waals surface area contributed by atoms with E-state index in [2.05, 4.69) is 37.3 Å². The molecular weight excluding hydrogens is 420 g/mol. The van der Waals surface area contributed by atoms with Gasteiger partial charge in [0.15, 0.2) is 0 Å². The Hall–Kier alpha value is -3.62. The number of benzene rings is 2. The molecule has 8 heteroatoms. The molecule has 0 saturated carbocycles. The third kappa shape index (κ3) is 4.03. The van der Waals surface area contributed by atoms with Gasteiger partial charge in [0.05, 0.1) is 28.7 Å². The molecule has 0 bridgehead atoms. The molecule has 0 saturated heterocycles. The number of nitriles is 2.